The Morgan fingerprint density at radius 1 is 1.17 bits per heavy atom. The Morgan fingerprint density at radius 2 is 1.77 bits per heavy atom. The van der Waals surface area contributed by atoms with Crippen LogP contribution in [-0.2, 0) is 24.3 Å². The monoisotopic (exact) mass is 440 g/mol. The second-order valence-electron chi connectivity index (χ2n) is 7.34. The summed E-state index contributed by atoms with van der Waals surface area (Å²) in [6, 6.07) is 4.90. The second kappa shape index (κ2) is 9.43. The summed E-state index contributed by atoms with van der Waals surface area (Å²) in [7, 11) is 1.27. The summed E-state index contributed by atoms with van der Waals surface area (Å²) >= 11 is 0. The predicted molar refractivity (Wildman–Crippen MR) is 112 cm³/mol. The fourth-order valence-electron chi connectivity index (χ4n) is 3.19. The van der Waals surface area contributed by atoms with E-state index in [1.807, 2.05) is 31.1 Å². The number of hydrogen-bond acceptors (Lipinski definition) is 7. The normalized spacial score (nSPS) is 18.4. The molecule has 2 amide bonds. The van der Waals surface area contributed by atoms with E-state index in [4.69, 9.17) is 0 Å². The van der Waals surface area contributed by atoms with E-state index < -0.39 is 34.0 Å². The molecule has 0 bridgehead atoms. The predicted octanol–water partition coefficient (Wildman–Crippen LogP) is -0.484. The zero-order valence-electron chi connectivity index (χ0n) is 17.8. The fraction of sp³-hybridized carbons (Fsp3) is 0.526. The number of rotatable bonds is 6. The molecule has 1 aromatic carbocycles. The molecule has 166 valence electrons. The lowest BCUT2D eigenvalue weighted by molar-refractivity contribution is -0.145. The van der Waals surface area contributed by atoms with Gasteiger partial charge in [-0.1, -0.05) is 0 Å². The number of carbonyl (C=O) groups excluding carboxylic acids is 3. The molecule has 1 fully saturated rings. The lowest BCUT2D eigenvalue weighted by Gasteiger charge is -2.39. The number of esters is 1. The van der Waals surface area contributed by atoms with Gasteiger partial charge in [0.25, 0.3) is 5.91 Å². The molecule has 30 heavy (non-hydrogen) atoms. The average molecular weight is 441 g/mol. The summed E-state index contributed by atoms with van der Waals surface area (Å²) in [6.07, 6.45) is 1.01. The third-order valence-corrected chi connectivity index (χ3v) is 6.18. The number of anilines is 1. The van der Waals surface area contributed by atoms with E-state index in [-0.39, 0.29) is 25.5 Å². The number of ether oxygens (including phenoxy) is 1. The quantitative estimate of drug-likeness (QED) is 0.594. The van der Waals surface area contributed by atoms with Crippen LogP contribution in [0.5, 0.6) is 0 Å². The maximum Gasteiger partial charge on any atom is 0.328 e. The van der Waals surface area contributed by atoms with Crippen LogP contribution in [0.3, 0.4) is 0 Å². The minimum Gasteiger partial charge on any atom is -0.467 e. The minimum atomic E-state index is -3.70. The van der Waals surface area contributed by atoms with Crippen molar-refractivity contribution < 1.29 is 27.5 Å². The molecule has 1 heterocycles. The first-order valence-corrected chi connectivity index (χ1v) is 11.2. The van der Waals surface area contributed by atoms with Crippen molar-refractivity contribution in [2.45, 2.75) is 19.0 Å². The van der Waals surface area contributed by atoms with Crippen LogP contribution in [0.15, 0.2) is 24.3 Å². The Morgan fingerprint density at radius 3 is 2.27 bits per heavy atom. The number of carbonyl (C=O) groups is 3. The molecule has 1 aromatic rings. The Balaban J connectivity index is 2.21. The van der Waals surface area contributed by atoms with Crippen molar-refractivity contribution in [3.63, 3.8) is 0 Å². The summed E-state index contributed by atoms with van der Waals surface area (Å²) in [5.74, 6) is -1.62. The minimum absolute atomic E-state index is 0.0228. The number of benzene rings is 1. The third kappa shape index (κ3) is 5.48. The van der Waals surface area contributed by atoms with E-state index in [9.17, 15) is 22.8 Å². The van der Waals surface area contributed by atoms with Gasteiger partial charge < -0.3 is 19.9 Å². The van der Waals surface area contributed by atoms with Crippen LogP contribution in [0.25, 0.3) is 0 Å². The molecule has 0 unspecified atom stereocenters. The van der Waals surface area contributed by atoms with Gasteiger partial charge in [0.05, 0.1) is 13.4 Å². The van der Waals surface area contributed by atoms with Gasteiger partial charge in [-0.25, -0.2) is 13.2 Å². The smallest absolute Gasteiger partial charge is 0.328 e. The van der Waals surface area contributed by atoms with Gasteiger partial charge in [0.1, 0.15) is 12.1 Å². The molecule has 0 aliphatic carbocycles. The molecular weight excluding hydrogens is 412 g/mol. The highest BCUT2D eigenvalue weighted by Gasteiger charge is 2.39. The molecule has 1 aliphatic heterocycles. The van der Waals surface area contributed by atoms with Gasteiger partial charge in [-0.3, -0.25) is 9.59 Å². The average Bonchev–Trinajstić information content (AvgIpc) is 2.71. The van der Waals surface area contributed by atoms with Crippen molar-refractivity contribution in [2.24, 2.45) is 0 Å². The van der Waals surface area contributed by atoms with E-state index in [0.717, 1.165) is 16.2 Å². The zero-order valence-corrected chi connectivity index (χ0v) is 18.6. The highest BCUT2D eigenvalue weighted by molar-refractivity contribution is 7.88. The topological polar surface area (TPSA) is 116 Å². The number of amides is 2. The molecular formula is C19H28N4O6S. The van der Waals surface area contributed by atoms with Gasteiger partial charge in [0.2, 0.25) is 15.9 Å². The van der Waals surface area contributed by atoms with Gasteiger partial charge in [0.15, 0.2) is 0 Å². The van der Waals surface area contributed by atoms with Gasteiger partial charge in [-0.05, 0) is 31.2 Å². The van der Waals surface area contributed by atoms with Crippen LogP contribution < -0.4 is 10.2 Å². The lowest BCUT2D eigenvalue weighted by Crippen LogP contribution is -2.62. The summed E-state index contributed by atoms with van der Waals surface area (Å²) in [5.41, 5.74) is 1.37. The largest absolute Gasteiger partial charge is 0.467 e. The molecule has 0 saturated carbocycles. The molecule has 2 rings (SSSR count). The summed E-state index contributed by atoms with van der Waals surface area (Å²) in [5, 5.41) is 2.46. The van der Waals surface area contributed by atoms with Crippen LogP contribution in [0.2, 0.25) is 0 Å². The van der Waals surface area contributed by atoms with Gasteiger partial charge >= 0.3 is 5.97 Å². The van der Waals surface area contributed by atoms with Crippen LogP contribution in [-0.4, -0.2) is 94.6 Å². The SMILES string of the molecule is COC(=O)[C@@H](C)NC(=O)[C@@H]1CN(C(=O)c2ccc(N(C)C)cc2)CCN1S(C)(=O)=O. The first-order chi connectivity index (χ1) is 14.0. The third-order valence-electron chi connectivity index (χ3n) is 4.89. The Labute approximate surface area is 176 Å². The first-order valence-electron chi connectivity index (χ1n) is 9.37. The van der Waals surface area contributed by atoms with Crippen molar-refractivity contribution in [3.8, 4) is 0 Å². The summed E-state index contributed by atoms with van der Waals surface area (Å²) in [6.45, 7) is 1.44. The van der Waals surface area contributed by atoms with Gasteiger partial charge in [0, 0.05) is 45.0 Å². The zero-order chi connectivity index (χ0) is 22.6. The van der Waals surface area contributed by atoms with Crippen molar-refractivity contribution in [3.05, 3.63) is 29.8 Å². The number of methoxy groups -OCH3 is 1. The van der Waals surface area contributed by atoms with Crippen molar-refractivity contribution in [1.82, 2.24) is 14.5 Å². The number of piperazine rings is 1. The van der Waals surface area contributed by atoms with Crippen LogP contribution in [0.1, 0.15) is 17.3 Å². The summed E-state index contributed by atoms with van der Waals surface area (Å²) < 4.78 is 30.0. The summed E-state index contributed by atoms with van der Waals surface area (Å²) in [4.78, 5) is 40.6. The van der Waals surface area contributed by atoms with Gasteiger partial charge in [-0.2, -0.15) is 4.31 Å². The number of nitrogens with one attached hydrogen (secondary N) is 1. The van der Waals surface area contributed by atoms with Crippen molar-refractivity contribution in [2.75, 3.05) is 52.0 Å². The Hall–Kier alpha value is -2.66. The Bertz CT molecular complexity index is 900. The lowest BCUT2D eigenvalue weighted by atomic mass is 10.1. The maximum atomic E-state index is 12.9. The molecule has 0 spiro atoms. The molecule has 10 nitrogen and oxygen atoms in total. The fourth-order valence-corrected chi connectivity index (χ4v) is 4.23. The first kappa shape index (κ1) is 23.6. The van der Waals surface area contributed by atoms with E-state index >= 15 is 0 Å². The highest BCUT2D eigenvalue weighted by atomic mass is 32.2. The molecule has 1 aliphatic rings. The maximum absolute atomic E-state index is 12.9. The molecule has 1 N–H and O–H groups in total. The Kier molecular flexibility index (Phi) is 7.43. The second-order valence-corrected chi connectivity index (χ2v) is 9.27. The molecule has 0 radical (unpaired) electrons. The number of hydrogen-bond donors (Lipinski definition) is 1. The molecule has 1 saturated heterocycles. The van der Waals surface area contributed by atoms with E-state index in [1.165, 1.54) is 18.9 Å². The highest BCUT2D eigenvalue weighted by Crippen LogP contribution is 2.19. The van der Waals surface area contributed by atoms with Crippen molar-refractivity contribution in [1.29, 1.82) is 0 Å². The van der Waals surface area contributed by atoms with E-state index in [0.29, 0.717) is 5.56 Å². The number of nitrogens with zero attached hydrogens (tertiary/aromatic N) is 3. The standard InChI is InChI=1S/C19H28N4O6S/c1-13(19(26)29-4)20-17(24)16-12-22(10-11-23(16)30(5,27)28)18(25)14-6-8-15(9-7-14)21(2)3/h6-9,13,16H,10-12H2,1-5H3,(H,20,24)/t13-,16+/m1/s1. The molecule has 11 heteroatoms. The van der Waals surface area contributed by atoms with Crippen LogP contribution >= 0.6 is 0 Å². The van der Waals surface area contributed by atoms with Crippen LogP contribution in [0.4, 0.5) is 5.69 Å². The number of sulfonamides is 1. The van der Waals surface area contributed by atoms with Gasteiger partial charge in [-0.15, -0.1) is 0 Å². The van der Waals surface area contributed by atoms with Crippen molar-refractivity contribution >= 4 is 33.5 Å². The van der Waals surface area contributed by atoms with E-state index in [2.05, 4.69) is 10.1 Å². The molecule has 0 aromatic heterocycles. The molecule has 2 atom stereocenters. The van der Waals surface area contributed by atoms with Crippen LogP contribution in [0, 0.1) is 0 Å². The van der Waals surface area contributed by atoms with E-state index in [1.54, 1.807) is 12.1 Å².